The van der Waals surface area contributed by atoms with Crippen LogP contribution < -0.4 is 5.32 Å². The third-order valence-corrected chi connectivity index (χ3v) is 4.15. The van der Waals surface area contributed by atoms with Gasteiger partial charge in [0, 0.05) is 0 Å². The van der Waals surface area contributed by atoms with Crippen molar-refractivity contribution in [2.24, 2.45) is 0 Å². The molecule has 0 saturated heterocycles. The summed E-state index contributed by atoms with van der Waals surface area (Å²) < 4.78 is 0. The molecule has 2 rings (SSSR count). The van der Waals surface area contributed by atoms with Crippen LogP contribution >= 0.6 is 34.8 Å². The number of anilines is 1. The second kappa shape index (κ2) is 7.21. The molecule has 2 aromatic carbocycles. The average Bonchev–Trinajstić information content (AvgIpc) is 2.45. The number of hydrogen-bond acceptors (Lipinski definition) is 1. The molecule has 20 heavy (non-hydrogen) atoms. The largest absolute Gasteiger partial charge is 0.377 e. The van der Waals surface area contributed by atoms with Crippen LogP contribution in [0.5, 0.6) is 0 Å². The smallest absolute Gasteiger partial charge is 0.0653 e. The van der Waals surface area contributed by atoms with E-state index in [1.165, 1.54) is 5.56 Å². The number of benzene rings is 2. The monoisotopic (exact) mass is 327 g/mol. The van der Waals surface area contributed by atoms with Crippen molar-refractivity contribution in [2.45, 2.75) is 25.8 Å². The first kappa shape index (κ1) is 15.5. The van der Waals surface area contributed by atoms with Crippen molar-refractivity contribution < 1.29 is 0 Å². The molecule has 2 aromatic rings. The van der Waals surface area contributed by atoms with Gasteiger partial charge in [0.2, 0.25) is 0 Å². The number of hydrogen-bond donors (Lipinski definition) is 1. The highest BCUT2D eigenvalue weighted by molar-refractivity contribution is 6.44. The van der Waals surface area contributed by atoms with E-state index in [9.17, 15) is 0 Å². The van der Waals surface area contributed by atoms with Gasteiger partial charge >= 0.3 is 0 Å². The highest BCUT2D eigenvalue weighted by Gasteiger charge is 2.13. The number of halogens is 3. The van der Waals surface area contributed by atoms with Crippen molar-refractivity contribution in [3.63, 3.8) is 0 Å². The molecule has 0 aliphatic carbocycles. The molecule has 0 aliphatic rings. The number of nitrogens with one attached hydrogen (secondary N) is 1. The first-order chi connectivity index (χ1) is 9.61. The molecule has 0 aromatic heterocycles. The summed E-state index contributed by atoms with van der Waals surface area (Å²) in [6.07, 6.45) is 2.09. The summed E-state index contributed by atoms with van der Waals surface area (Å²) in [7, 11) is 0. The first-order valence-corrected chi connectivity index (χ1v) is 7.71. The molecule has 0 spiro atoms. The molecular weight excluding hydrogens is 313 g/mol. The second-order valence-electron chi connectivity index (χ2n) is 4.64. The third-order valence-electron chi connectivity index (χ3n) is 3.12. The van der Waals surface area contributed by atoms with E-state index in [0.717, 1.165) is 18.5 Å². The molecule has 1 nitrogen and oxygen atoms in total. The van der Waals surface area contributed by atoms with Crippen molar-refractivity contribution in [3.8, 4) is 0 Å². The number of rotatable bonds is 5. The van der Waals surface area contributed by atoms with Crippen LogP contribution in [0, 0.1) is 0 Å². The molecule has 1 N–H and O–H groups in total. The zero-order valence-corrected chi connectivity index (χ0v) is 13.4. The average molecular weight is 329 g/mol. The van der Waals surface area contributed by atoms with E-state index in [4.69, 9.17) is 34.8 Å². The highest BCUT2D eigenvalue weighted by atomic mass is 35.5. The Bertz CT molecular complexity index is 569. The minimum absolute atomic E-state index is 0.205. The van der Waals surface area contributed by atoms with E-state index in [-0.39, 0.29) is 6.04 Å². The minimum Gasteiger partial charge on any atom is -0.377 e. The fourth-order valence-electron chi connectivity index (χ4n) is 2.12. The lowest BCUT2D eigenvalue weighted by Crippen LogP contribution is -2.10. The van der Waals surface area contributed by atoms with Gasteiger partial charge in [-0.3, -0.25) is 0 Å². The van der Waals surface area contributed by atoms with Crippen molar-refractivity contribution >= 4 is 40.5 Å². The van der Waals surface area contributed by atoms with Crippen LogP contribution in [0.25, 0.3) is 0 Å². The Morgan fingerprint density at radius 3 is 2.25 bits per heavy atom. The van der Waals surface area contributed by atoms with E-state index >= 15 is 0 Å². The van der Waals surface area contributed by atoms with Gasteiger partial charge < -0.3 is 5.32 Å². The molecule has 0 bridgehead atoms. The molecule has 4 heteroatoms. The Morgan fingerprint density at radius 2 is 1.60 bits per heavy atom. The van der Waals surface area contributed by atoms with E-state index in [2.05, 4.69) is 24.4 Å². The normalized spacial score (nSPS) is 12.2. The SMILES string of the molecule is CCCC(Nc1cc(Cl)c(Cl)cc1Cl)c1ccccc1. The molecule has 106 valence electrons. The summed E-state index contributed by atoms with van der Waals surface area (Å²) in [6.45, 7) is 2.16. The van der Waals surface area contributed by atoms with Crippen molar-refractivity contribution in [1.82, 2.24) is 0 Å². The van der Waals surface area contributed by atoms with Crippen LogP contribution in [0.3, 0.4) is 0 Å². The second-order valence-corrected chi connectivity index (χ2v) is 5.86. The first-order valence-electron chi connectivity index (χ1n) is 6.58. The molecule has 0 heterocycles. The van der Waals surface area contributed by atoms with Gasteiger partial charge in [-0.2, -0.15) is 0 Å². The third kappa shape index (κ3) is 3.82. The van der Waals surface area contributed by atoms with Crippen LogP contribution in [0.1, 0.15) is 31.4 Å². The van der Waals surface area contributed by atoms with Gasteiger partial charge in [0.25, 0.3) is 0 Å². The van der Waals surface area contributed by atoms with Gasteiger partial charge in [-0.1, -0.05) is 78.5 Å². The predicted molar refractivity (Wildman–Crippen MR) is 89.2 cm³/mol. The quantitative estimate of drug-likeness (QED) is 0.610. The maximum absolute atomic E-state index is 6.23. The molecule has 0 radical (unpaired) electrons. The van der Waals surface area contributed by atoms with Crippen LogP contribution in [0.4, 0.5) is 5.69 Å². The zero-order valence-electron chi connectivity index (χ0n) is 11.2. The van der Waals surface area contributed by atoms with Crippen LogP contribution in [-0.4, -0.2) is 0 Å². The summed E-state index contributed by atoms with van der Waals surface area (Å²) in [5, 5.41) is 5.01. The van der Waals surface area contributed by atoms with E-state index in [1.54, 1.807) is 12.1 Å². The van der Waals surface area contributed by atoms with Crippen molar-refractivity contribution in [3.05, 3.63) is 63.1 Å². The van der Waals surface area contributed by atoms with Crippen LogP contribution in [-0.2, 0) is 0 Å². The topological polar surface area (TPSA) is 12.0 Å². The van der Waals surface area contributed by atoms with Crippen molar-refractivity contribution in [1.29, 1.82) is 0 Å². The Labute approximate surface area is 134 Å². The Morgan fingerprint density at radius 1 is 0.950 bits per heavy atom. The highest BCUT2D eigenvalue weighted by Crippen LogP contribution is 2.35. The molecule has 1 unspecified atom stereocenters. The maximum Gasteiger partial charge on any atom is 0.0653 e. The van der Waals surface area contributed by atoms with Crippen LogP contribution in [0.2, 0.25) is 15.1 Å². The molecule has 0 amide bonds. The Balaban J connectivity index is 2.27. The summed E-state index contributed by atoms with van der Waals surface area (Å²) in [5.74, 6) is 0. The maximum atomic E-state index is 6.23. The van der Waals surface area contributed by atoms with Gasteiger partial charge in [0.15, 0.2) is 0 Å². The fraction of sp³-hybridized carbons (Fsp3) is 0.250. The standard InChI is InChI=1S/C16H16Cl3N/c1-2-6-15(11-7-4-3-5-8-11)20-16-10-13(18)12(17)9-14(16)19/h3-5,7-10,15,20H,2,6H2,1H3. The molecule has 0 aliphatic heterocycles. The van der Waals surface area contributed by atoms with Gasteiger partial charge in [-0.25, -0.2) is 0 Å². The molecule has 0 saturated carbocycles. The Kier molecular flexibility index (Phi) is 5.59. The summed E-state index contributed by atoms with van der Waals surface area (Å²) in [5.41, 5.74) is 2.04. The summed E-state index contributed by atoms with van der Waals surface area (Å²) >= 11 is 18.2. The van der Waals surface area contributed by atoms with Gasteiger partial charge in [-0.05, 0) is 24.1 Å². The van der Waals surface area contributed by atoms with Gasteiger partial charge in [-0.15, -0.1) is 0 Å². The van der Waals surface area contributed by atoms with Gasteiger partial charge in [0.1, 0.15) is 0 Å². The summed E-state index contributed by atoms with van der Waals surface area (Å²) in [4.78, 5) is 0. The predicted octanol–water partition coefficient (Wildman–Crippen LogP) is 6.60. The fourth-order valence-corrected chi connectivity index (χ4v) is 2.72. The minimum atomic E-state index is 0.205. The van der Waals surface area contributed by atoms with Crippen molar-refractivity contribution in [2.75, 3.05) is 5.32 Å². The van der Waals surface area contributed by atoms with E-state index in [0.29, 0.717) is 15.1 Å². The van der Waals surface area contributed by atoms with Gasteiger partial charge in [0.05, 0.1) is 26.8 Å². The lowest BCUT2D eigenvalue weighted by Gasteiger charge is -2.21. The van der Waals surface area contributed by atoms with Crippen LogP contribution in [0.15, 0.2) is 42.5 Å². The van der Waals surface area contributed by atoms with E-state index < -0.39 is 0 Å². The summed E-state index contributed by atoms with van der Waals surface area (Å²) in [6, 6.07) is 14.0. The lowest BCUT2D eigenvalue weighted by atomic mass is 10.0. The molecular formula is C16H16Cl3N. The van der Waals surface area contributed by atoms with E-state index in [1.807, 2.05) is 18.2 Å². The molecule has 1 atom stereocenters. The lowest BCUT2D eigenvalue weighted by molar-refractivity contribution is 0.678. The zero-order chi connectivity index (χ0) is 14.5. The molecule has 0 fully saturated rings. The Hall–Kier alpha value is -0.890.